The second kappa shape index (κ2) is 8.57. The first-order valence-electron chi connectivity index (χ1n) is 7.60. The molecule has 6 heteroatoms. The molecule has 0 fully saturated rings. The minimum absolute atomic E-state index is 0.191. The van der Waals surface area contributed by atoms with Gasteiger partial charge in [-0.2, -0.15) is 0 Å². The van der Waals surface area contributed by atoms with Crippen molar-refractivity contribution in [2.75, 3.05) is 18.9 Å². The lowest BCUT2D eigenvalue weighted by Gasteiger charge is -2.11. The fourth-order valence-electron chi connectivity index (χ4n) is 1.99. The third-order valence-corrected chi connectivity index (χ3v) is 3.22. The first kappa shape index (κ1) is 17.3. The van der Waals surface area contributed by atoms with E-state index in [0.717, 1.165) is 5.56 Å². The maximum absolute atomic E-state index is 11.9. The van der Waals surface area contributed by atoms with Crippen LogP contribution < -0.4 is 15.8 Å². The van der Waals surface area contributed by atoms with E-state index in [2.05, 4.69) is 5.32 Å². The second-order valence-electron chi connectivity index (χ2n) is 5.02. The fourth-order valence-corrected chi connectivity index (χ4v) is 1.99. The average molecular weight is 328 g/mol. The zero-order chi connectivity index (χ0) is 17.4. The quantitative estimate of drug-likeness (QED) is 0.600. The largest absolute Gasteiger partial charge is 0.482 e. The molecule has 0 radical (unpaired) electrons. The van der Waals surface area contributed by atoms with Gasteiger partial charge in [-0.3, -0.25) is 4.79 Å². The van der Waals surface area contributed by atoms with Gasteiger partial charge in [0, 0.05) is 6.54 Å². The van der Waals surface area contributed by atoms with Gasteiger partial charge in [-0.1, -0.05) is 30.3 Å². The molecule has 0 saturated carbocycles. The number of hydrogen-bond acceptors (Lipinski definition) is 5. The summed E-state index contributed by atoms with van der Waals surface area (Å²) in [6.07, 6.45) is 0. The number of anilines is 1. The zero-order valence-electron chi connectivity index (χ0n) is 13.5. The first-order chi connectivity index (χ1) is 11.6. The molecule has 126 valence electrons. The van der Waals surface area contributed by atoms with Crippen molar-refractivity contribution in [2.45, 2.75) is 13.5 Å². The zero-order valence-corrected chi connectivity index (χ0v) is 13.5. The van der Waals surface area contributed by atoms with Crippen LogP contribution in [0.1, 0.15) is 22.8 Å². The number of rotatable bonds is 7. The van der Waals surface area contributed by atoms with Crippen LogP contribution in [0.4, 0.5) is 5.69 Å². The lowest BCUT2D eigenvalue weighted by atomic mass is 10.2. The second-order valence-corrected chi connectivity index (χ2v) is 5.02. The first-order valence-corrected chi connectivity index (χ1v) is 7.60. The minimum Gasteiger partial charge on any atom is -0.482 e. The Hall–Kier alpha value is -3.02. The number of carbonyl (C=O) groups excluding carboxylic acids is 2. The highest BCUT2D eigenvalue weighted by atomic mass is 16.5. The van der Waals surface area contributed by atoms with Crippen molar-refractivity contribution in [3.63, 3.8) is 0 Å². The van der Waals surface area contributed by atoms with Crippen LogP contribution in [0, 0.1) is 0 Å². The number of ether oxygens (including phenoxy) is 2. The lowest BCUT2D eigenvalue weighted by molar-refractivity contribution is -0.123. The molecule has 0 aromatic heterocycles. The monoisotopic (exact) mass is 328 g/mol. The Kier molecular flexibility index (Phi) is 6.19. The van der Waals surface area contributed by atoms with Crippen molar-refractivity contribution < 1.29 is 19.1 Å². The summed E-state index contributed by atoms with van der Waals surface area (Å²) >= 11 is 0. The van der Waals surface area contributed by atoms with Gasteiger partial charge in [0.1, 0.15) is 5.75 Å². The molecule has 24 heavy (non-hydrogen) atoms. The molecule has 0 aliphatic heterocycles. The molecule has 0 spiro atoms. The number of hydrogen-bond donors (Lipinski definition) is 2. The summed E-state index contributed by atoms with van der Waals surface area (Å²) in [5.74, 6) is -0.467. The molecule has 0 unspecified atom stereocenters. The fraction of sp³-hybridized carbons (Fsp3) is 0.222. The number of nitrogen functional groups attached to an aromatic ring is 1. The van der Waals surface area contributed by atoms with Gasteiger partial charge in [0.15, 0.2) is 6.61 Å². The molecule has 0 saturated heterocycles. The van der Waals surface area contributed by atoms with E-state index < -0.39 is 5.97 Å². The van der Waals surface area contributed by atoms with Crippen LogP contribution >= 0.6 is 0 Å². The molecular formula is C18H20N2O4. The smallest absolute Gasteiger partial charge is 0.338 e. The molecule has 0 atom stereocenters. The molecule has 0 aliphatic carbocycles. The normalized spacial score (nSPS) is 10.0. The van der Waals surface area contributed by atoms with E-state index in [1.54, 1.807) is 19.1 Å². The summed E-state index contributed by atoms with van der Waals surface area (Å²) in [7, 11) is 0. The van der Waals surface area contributed by atoms with E-state index in [0.29, 0.717) is 17.8 Å². The van der Waals surface area contributed by atoms with E-state index >= 15 is 0 Å². The number of benzene rings is 2. The molecule has 2 aromatic carbocycles. The Morgan fingerprint density at radius 1 is 1.12 bits per heavy atom. The average Bonchev–Trinajstić information content (AvgIpc) is 2.60. The van der Waals surface area contributed by atoms with Crippen LogP contribution in [0.15, 0.2) is 48.5 Å². The summed E-state index contributed by atoms with van der Waals surface area (Å²) < 4.78 is 10.3. The van der Waals surface area contributed by atoms with Gasteiger partial charge in [0.2, 0.25) is 0 Å². The van der Waals surface area contributed by atoms with Gasteiger partial charge in [0.05, 0.1) is 17.9 Å². The van der Waals surface area contributed by atoms with Gasteiger partial charge in [-0.25, -0.2) is 4.79 Å². The highest BCUT2D eigenvalue weighted by Crippen LogP contribution is 2.23. The van der Waals surface area contributed by atoms with Crippen LogP contribution in [0.5, 0.6) is 5.75 Å². The highest BCUT2D eigenvalue weighted by Gasteiger charge is 2.11. The van der Waals surface area contributed by atoms with Crippen LogP contribution in [0.2, 0.25) is 0 Å². The molecule has 0 bridgehead atoms. The van der Waals surface area contributed by atoms with Gasteiger partial charge in [-0.05, 0) is 30.7 Å². The summed E-state index contributed by atoms with van der Waals surface area (Å²) in [5, 5.41) is 2.75. The molecule has 6 nitrogen and oxygen atoms in total. The molecule has 0 heterocycles. The number of nitrogens with one attached hydrogen (secondary N) is 1. The molecular weight excluding hydrogens is 308 g/mol. The topological polar surface area (TPSA) is 90.7 Å². The number of amides is 1. The summed E-state index contributed by atoms with van der Waals surface area (Å²) in [6.45, 7) is 2.23. The lowest BCUT2D eigenvalue weighted by Crippen LogP contribution is -2.28. The van der Waals surface area contributed by atoms with E-state index in [-0.39, 0.29) is 24.9 Å². The number of esters is 1. The highest BCUT2D eigenvalue weighted by molar-refractivity contribution is 5.90. The third-order valence-electron chi connectivity index (χ3n) is 3.22. The van der Waals surface area contributed by atoms with Crippen LogP contribution in [0.25, 0.3) is 0 Å². The number of carbonyl (C=O) groups is 2. The van der Waals surface area contributed by atoms with Crippen LogP contribution in [-0.4, -0.2) is 25.1 Å². The van der Waals surface area contributed by atoms with E-state index in [1.165, 1.54) is 6.07 Å². The Labute approximate surface area is 140 Å². The van der Waals surface area contributed by atoms with E-state index in [1.807, 2.05) is 30.3 Å². The minimum atomic E-state index is -0.462. The standard InChI is InChI=1S/C18H20N2O4/c1-2-23-18(22)14-8-9-15(19)16(10-14)24-12-17(21)20-11-13-6-4-3-5-7-13/h3-10H,2,11-12,19H2,1H3,(H,20,21). The van der Waals surface area contributed by atoms with Crippen molar-refractivity contribution in [2.24, 2.45) is 0 Å². The molecule has 2 aromatic rings. The van der Waals surface area contributed by atoms with E-state index in [4.69, 9.17) is 15.2 Å². The third kappa shape index (κ3) is 5.01. The summed E-state index contributed by atoms with van der Waals surface area (Å²) in [6, 6.07) is 14.1. The Bertz CT molecular complexity index is 701. The van der Waals surface area contributed by atoms with E-state index in [9.17, 15) is 9.59 Å². The Morgan fingerprint density at radius 2 is 1.88 bits per heavy atom. The maximum atomic E-state index is 11.9. The molecule has 3 N–H and O–H groups in total. The van der Waals surface area contributed by atoms with Crippen LogP contribution in [0.3, 0.4) is 0 Å². The number of nitrogens with two attached hydrogens (primary N) is 1. The van der Waals surface area contributed by atoms with Gasteiger partial charge in [0.25, 0.3) is 5.91 Å². The van der Waals surface area contributed by atoms with Crippen molar-refractivity contribution in [3.05, 3.63) is 59.7 Å². The van der Waals surface area contributed by atoms with Gasteiger partial charge < -0.3 is 20.5 Å². The van der Waals surface area contributed by atoms with Crippen molar-refractivity contribution in [1.82, 2.24) is 5.32 Å². The summed E-state index contributed by atoms with van der Waals surface area (Å²) in [5.41, 5.74) is 7.47. The van der Waals surface area contributed by atoms with Crippen molar-refractivity contribution in [1.29, 1.82) is 0 Å². The predicted octanol–water partition coefficient (Wildman–Crippen LogP) is 2.14. The molecule has 0 aliphatic rings. The van der Waals surface area contributed by atoms with Crippen molar-refractivity contribution >= 4 is 17.6 Å². The summed E-state index contributed by atoms with van der Waals surface area (Å²) in [4.78, 5) is 23.6. The SMILES string of the molecule is CCOC(=O)c1ccc(N)c(OCC(=O)NCc2ccccc2)c1. The van der Waals surface area contributed by atoms with Crippen LogP contribution in [-0.2, 0) is 16.1 Å². The Morgan fingerprint density at radius 3 is 2.58 bits per heavy atom. The Balaban J connectivity index is 1.89. The molecule has 1 amide bonds. The van der Waals surface area contributed by atoms with Gasteiger partial charge in [-0.15, -0.1) is 0 Å². The van der Waals surface area contributed by atoms with Crippen molar-refractivity contribution in [3.8, 4) is 5.75 Å². The molecule has 2 rings (SSSR count). The van der Waals surface area contributed by atoms with Gasteiger partial charge >= 0.3 is 5.97 Å². The predicted molar refractivity (Wildman–Crippen MR) is 90.6 cm³/mol. The maximum Gasteiger partial charge on any atom is 0.338 e.